The monoisotopic (exact) mass is 352 g/mol. The van der Waals surface area contributed by atoms with Crippen molar-refractivity contribution in [1.29, 1.82) is 0 Å². The SMILES string of the molecule is CS(F)(F)(F)(F)c1cccc(C2C(C(=O)O)C2(Cl)Cl)c1. The number of rotatable bonds is 3. The van der Waals surface area contributed by atoms with Gasteiger partial charge in [0.05, 0.1) is 17.1 Å². The Morgan fingerprint density at radius 3 is 2.25 bits per heavy atom. The first kappa shape index (κ1) is 15.7. The van der Waals surface area contributed by atoms with Gasteiger partial charge in [-0.2, -0.15) is 0 Å². The molecule has 2 atom stereocenters. The van der Waals surface area contributed by atoms with Crippen molar-refractivity contribution in [3.8, 4) is 0 Å². The Kier molecular flexibility index (Phi) is 2.80. The summed E-state index contributed by atoms with van der Waals surface area (Å²) in [7, 11) is -8.32. The van der Waals surface area contributed by atoms with Crippen LogP contribution in [0.25, 0.3) is 0 Å². The molecular formula is C11H10Cl2F4O2S. The molecule has 1 fully saturated rings. The number of carbonyl (C=O) groups is 1. The van der Waals surface area contributed by atoms with E-state index in [2.05, 4.69) is 0 Å². The molecule has 2 nitrogen and oxygen atoms in total. The molecular weight excluding hydrogens is 343 g/mol. The molecule has 2 rings (SSSR count). The zero-order valence-electron chi connectivity index (χ0n) is 10.00. The highest BCUT2D eigenvalue weighted by atomic mass is 35.5. The Hall–Kier alpha value is -0.660. The van der Waals surface area contributed by atoms with Gasteiger partial charge in [-0.15, -0.1) is 15.5 Å². The van der Waals surface area contributed by atoms with E-state index in [4.69, 9.17) is 28.3 Å². The fourth-order valence-corrected chi connectivity index (χ4v) is 3.74. The van der Waals surface area contributed by atoms with Gasteiger partial charge >= 0.3 is 5.97 Å². The van der Waals surface area contributed by atoms with Crippen LogP contribution in [0.1, 0.15) is 11.5 Å². The van der Waals surface area contributed by atoms with Gasteiger partial charge in [0.25, 0.3) is 0 Å². The molecule has 0 radical (unpaired) electrons. The Morgan fingerprint density at radius 1 is 1.30 bits per heavy atom. The average Bonchev–Trinajstić information content (AvgIpc) is 2.79. The molecule has 1 saturated carbocycles. The Morgan fingerprint density at radius 2 is 1.85 bits per heavy atom. The lowest BCUT2D eigenvalue weighted by atomic mass is 10.1. The highest BCUT2D eigenvalue weighted by Gasteiger charge is 2.68. The molecule has 0 saturated heterocycles. The van der Waals surface area contributed by atoms with Crippen molar-refractivity contribution < 1.29 is 25.4 Å². The third-order valence-corrected chi connectivity index (χ3v) is 5.51. The normalized spacial score (nSPS) is 28.4. The van der Waals surface area contributed by atoms with Gasteiger partial charge in [0.1, 0.15) is 4.33 Å². The second kappa shape index (κ2) is 3.56. The van der Waals surface area contributed by atoms with E-state index in [0.717, 1.165) is 6.07 Å². The fraction of sp³-hybridized carbons (Fsp3) is 0.364. The molecule has 0 aromatic heterocycles. The average molecular weight is 353 g/mol. The molecule has 2 unspecified atom stereocenters. The van der Waals surface area contributed by atoms with Crippen molar-refractivity contribution >= 4 is 39.0 Å². The summed E-state index contributed by atoms with van der Waals surface area (Å²) in [5.41, 5.74) is -0.0441. The number of carboxylic acid groups (broad SMARTS) is 1. The highest BCUT2D eigenvalue weighted by molar-refractivity contribution is 8.49. The summed E-state index contributed by atoms with van der Waals surface area (Å²) in [5, 5.41) is 8.89. The van der Waals surface area contributed by atoms with E-state index >= 15 is 0 Å². The molecule has 114 valence electrons. The van der Waals surface area contributed by atoms with Gasteiger partial charge in [-0.1, -0.05) is 35.3 Å². The Labute approximate surface area is 122 Å². The predicted molar refractivity (Wildman–Crippen MR) is 71.0 cm³/mol. The fourth-order valence-electron chi connectivity index (χ4n) is 2.08. The van der Waals surface area contributed by atoms with Gasteiger partial charge in [0.2, 0.25) is 0 Å². The largest absolute Gasteiger partial charge is 0.481 e. The summed E-state index contributed by atoms with van der Waals surface area (Å²) < 4.78 is 51.7. The predicted octanol–water partition coefficient (Wildman–Crippen LogP) is 5.06. The lowest BCUT2D eigenvalue weighted by Crippen LogP contribution is -2.11. The molecule has 0 spiro atoms. The molecule has 1 aliphatic rings. The molecule has 1 N–H and O–H groups in total. The standard InChI is InChI=1S/C11H10Cl2F4O2S/c1-20(14,15,16,17)7-4-2-3-6(5-7)8-9(10(18)19)11(8,12)13/h2-5,8-9H,1H3,(H,18,19). The molecule has 0 bridgehead atoms. The van der Waals surface area contributed by atoms with E-state index in [0.29, 0.717) is 12.1 Å². The summed E-state index contributed by atoms with van der Waals surface area (Å²) in [4.78, 5) is 9.48. The molecule has 1 aliphatic carbocycles. The quantitative estimate of drug-likeness (QED) is 0.609. The number of hydrogen-bond donors (Lipinski definition) is 1. The number of carboxylic acids is 1. The third-order valence-electron chi connectivity index (χ3n) is 3.13. The van der Waals surface area contributed by atoms with Gasteiger partial charge in [-0.25, -0.2) is 0 Å². The van der Waals surface area contributed by atoms with Crippen LogP contribution in [0.2, 0.25) is 0 Å². The minimum absolute atomic E-state index is 0.0441. The van der Waals surface area contributed by atoms with E-state index in [-0.39, 0.29) is 5.56 Å². The van der Waals surface area contributed by atoms with Crippen molar-refractivity contribution in [2.45, 2.75) is 15.1 Å². The van der Waals surface area contributed by atoms with Crippen LogP contribution < -0.4 is 0 Å². The molecule has 0 amide bonds. The maximum atomic E-state index is 13.3. The van der Waals surface area contributed by atoms with Crippen LogP contribution in [0.15, 0.2) is 29.2 Å². The highest BCUT2D eigenvalue weighted by Crippen LogP contribution is 2.98. The van der Waals surface area contributed by atoms with Crippen molar-refractivity contribution in [2.24, 2.45) is 5.92 Å². The zero-order valence-corrected chi connectivity index (χ0v) is 12.3. The van der Waals surface area contributed by atoms with Crippen molar-refractivity contribution in [3.05, 3.63) is 29.8 Å². The summed E-state index contributed by atoms with van der Waals surface area (Å²) in [5.74, 6) is -3.52. The number of aliphatic carboxylic acids is 1. The van der Waals surface area contributed by atoms with Crippen LogP contribution >= 0.6 is 33.0 Å². The van der Waals surface area contributed by atoms with Gasteiger partial charge in [0, 0.05) is 5.92 Å². The second-order valence-electron chi connectivity index (χ2n) is 5.02. The Balaban J connectivity index is 2.47. The summed E-state index contributed by atoms with van der Waals surface area (Å²) in [6, 6.07) is 3.44. The van der Waals surface area contributed by atoms with Gasteiger partial charge in [0.15, 0.2) is 9.84 Å². The minimum atomic E-state index is -8.32. The van der Waals surface area contributed by atoms with Crippen LogP contribution in [0.4, 0.5) is 15.5 Å². The van der Waals surface area contributed by atoms with Gasteiger partial charge in [-0.05, 0) is 17.7 Å². The summed E-state index contributed by atoms with van der Waals surface area (Å²) in [6.07, 6.45) is -0.394. The molecule has 0 heterocycles. The number of hydrogen-bond acceptors (Lipinski definition) is 1. The maximum absolute atomic E-state index is 13.3. The Bertz CT molecular complexity index is 600. The van der Waals surface area contributed by atoms with Crippen molar-refractivity contribution in [3.63, 3.8) is 0 Å². The first-order valence-corrected chi connectivity index (χ1v) is 8.56. The van der Waals surface area contributed by atoms with Gasteiger partial charge in [-0.3, -0.25) is 4.79 Å². The molecule has 9 heteroatoms. The smallest absolute Gasteiger partial charge is 0.310 e. The first-order chi connectivity index (χ1) is 8.64. The molecule has 1 aromatic rings. The lowest BCUT2D eigenvalue weighted by molar-refractivity contribution is -0.138. The van der Waals surface area contributed by atoms with E-state index < -0.39 is 43.1 Å². The lowest BCUT2D eigenvalue weighted by Gasteiger charge is -2.46. The van der Waals surface area contributed by atoms with E-state index in [1.807, 2.05) is 0 Å². The topological polar surface area (TPSA) is 37.3 Å². The number of halogens is 6. The van der Waals surface area contributed by atoms with Crippen LogP contribution in [0.5, 0.6) is 0 Å². The van der Waals surface area contributed by atoms with Crippen LogP contribution in [0.3, 0.4) is 0 Å². The molecule has 1 aromatic carbocycles. The van der Waals surface area contributed by atoms with Crippen molar-refractivity contribution in [1.82, 2.24) is 0 Å². The zero-order chi connectivity index (χ0) is 15.6. The van der Waals surface area contributed by atoms with E-state index in [9.17, 15) is 20.3 Å². The van der Waals surface area contributed by atoms with Crippen LogP contribution in [-0.4, -0.2) is 21.7 Å². The first-order valence-electron chi connectivity index (χ1n) is 5.34. The number of alkyl halides is 2. The molecule has 0 aliphatic heterocycles. The van der Waals surface area contributed by atoms with Crippen molar-refractivity contribution in [2.75, 3.05) is 6.26 Å². The van der Waals surface area contributed by atoms with E-state index in [1.165, 1.54) is 6.07 Å². The summed E-state index contributed by atoms with van der Waals surface area (Å²) in [6.45, 7) is 0. The third kappa shape index (κ3) is 2.71. The molecule has 20 heavy (non-hydrogen) atoms. The van der Waals surface area contributed by atoms with Crippen LogP contribution in [0, 0.1) is 5.92 Å². The second-order valence-corrected chi connectivity index (χ2v) is 9.90. The minimum Gasteiger partial charge on any atom is -0.481 e. The maximum Gasteiger partial charge on any atom is 0.310 e. The van der Waals surface area contributed by atoms with E-state index in [1.54, 1.807) is 0 Å². The number of benzene rings is 1. The van der Waals surface area contributed by atoms with Crippen LogP contribution in [-0.2, 0) is 4.79 Å². The summed E-state index contributed by atoms with van der Waals surface area (Å²) >= 11 is 11.5. The van der Waals surface area contributed by atoms with Gasteiger partial charge < -0.3 is 5.11 Å².